The van der Waals surface area contributed by atoms with Gasteiger partial charge in [-0.15, -0.1) is 0 Å². The van der Waals surface area contributed by atoms with Crippen LogP contribution in [0.1, 0.15) is 5.56 Å². The van der Waals surface area contributed by atoms with Crippen molar-refractivity contribution in [2.45, 2.75) is 6.92 Å². The third-order valence-corrected chi connectivity index (χ3v) is 10.2. The molecule has 4 heteroatoms. The molecule has 260 valence electrons. The molecule has 0 spiro atoms. The van der Waals surface area contributed by atoms with E-state index >= 15 is 0 Å². The number of aryl methyl sites for hydroxylation is 1. The molecule has 0 fully saturated rings. The summed E-state index contributed by atoms with van der Waals surface area (Å²) in [5, 5.41) is 12.1. The summed E-state index contributed by atoms with van der Waals surface area (Å²) < 4.78 is 0. The summed E-state index contributed by atoms with van der Waals surface area (Å²) in [5.74, 6) is 0.692. The van der Waals surface area contributed by atoms with Crippen molar-refractivity contribution in [1.82, 2.24) is 9.97 Å². The van der Waals surface area contributed by atoms with E-state index in [1.54, 1.807) is 6.21 Å². The van der Waals surface area contributed by atoms with Crippen molar-refractivity contribution >= 4 is 39.7 Å². The van der Waals surface area contributed by atoms with E-state index in [0.717, 1.165) is 83.5 Å². The summed E-state index contributed by atoms with van der Waals surface area (Å²) in [6, 6.07) is 63.8. The maximum Gasteiger partial charge on any atom is 0.160 e. The number of hydrogen-bond donors (Lipinski definition) is 1. The van der Waals surface area contributed by atoms with Crippen LogP contribution in [0.5, 0.6) is 0 Å². The van der Waals surface area contributed by atoms with Gasteiger partial charge in [-0.2, -0.15) is 0 Å². The molecule has 0 bridgehead atoms. The highest BCUT2D eigenvalue weighted by atomic mass is 14.9. The predicted octanol–water partition coefficient (Wildman–Crippen LogP) is 13.4. The van der Waals surface area contributed by atoms with Crippen molar-refractivity contribution in [1.29, 1.82) is 5.41 Å². The van der Waals surface area contributed by atoms with Gasteiger partial charge in [0.25, 0.3) is 0 Å². The van der Waals surface area contributed by atoms with Gasteiger partial charge in [-0.05, 0) is 92.4 Å². The van der Waals surface area contributed by atoms with Gasteiger partial charge in [0.2, 0.25) is 0 Å². The lowest BCUT2D eigenvalue weighted by atomic mass is 9.92. The van der Waals surface area contributed by atoms with Crippen LogP contribution >= 0.6 is 0 Å². The molecule has 0 amide bonds. The van der Waals surface area contributed by atoms with Crippen LogP contribution in [0.2, 0.25) is 0 Å². The van der Waals surface area contributed by atoms with Crippen LogP contribution in [0.25, 0.3) is 88.8 Å². The average molecular weight is 705 g/mol. The molecule has 0 unspecified atom stereocenters. The molecule has 9 rings (SSSR count). The first-order valence-corrected chi connectivity index (χ1v) is 18.4. The van der Waals surface area contributed by atoms with Crippen LogP contribution in [0, 0.1) is 12.3 Å². The Morgan fingerprint density at radius 3 is 1.40 bits per heavy atom. The molecule has 0 saturated heterocycles. The quantitative estimate of drug-likeness (QED) is 0.126. The minimum Gasteiger partial charge on any atom is -0.307 e. The second-order valence-corrected chi connectivity index (χ2v) is 13.7. The lowest BCUT2D eigenvalue weighted by Crippen LogP contribution is -1.96. The van der Waals surface area contributed by atoms with Crippen molar-refractivity contribution in [3.05, 3.63) is 188 Å². The maximum atomic E-state index is 7.53. The van der Waals surface area contributed by atoms with E-state index in [0.29, 0.717) is 5.82 Å². The van der Waals surface area contributed by atoms with Gasteiger partial charge in [-0.1, -0.05) is 152 Å². The minimum atomic E-state index is 0.692. The Morgan fingerprint density at radius 2 is 0.855 bits per heavy atom. The molecule has 8 aromatic carbocycles. The minimum absolute atomic E-state index is 0.692. The van der Waals surface area contributed by atoms with E-state index in [9.17, 15) is 0 Å². The van der Waals surface area contributed by atoms with Gasteiger partial charge >= 0.3 is 0 Å². The number of aliphatic imine (C=N–C) groups is 1. The van der Waals surface area contributed by atoms with E-state index in [-0.39, 0.29) is 0 Å². The van der Waals surface area contributed by atoms with Gasteiger partial charge < -0.3 is 5.41 Å². The summed E-state index contributed by atoms with van der Waals surface area (Å²) in [7, 11) is 0. The summed E-state index contributed by atoms with van der Waals surface area (Å²) in [4.78, 5) is 14.8. The number of hydrogen-bond acceptors (Lipinski definition) is 4. The Morgan fingerprint density at radius 1 is 0.400 bits per heavy atom. The van der Waals surface area contributed by atoms with E-state index in [1.165, 1.54) is 17.0 Å². The third-order valence-electron chi connectivity index (χ3n) is 10.2. The SMILES string of the molecule is Cc1c(/N=C\C=N)c2ccc(-c3cccc(-c4cccc(-c5cccc(-c6nc(-c7ccccc7)cc(-c7ccccc7)n6)c5)c4)c3)cc2c2ccccc12. The fourth-order valence-corrected chi connectivity index (χ4v) is 7.49. The number of nitrogens with one attached hydrogen (secondary N) is 1. The number of aromatic nitrogens is 2. The zero-order valence-electron chi connectivity index (χ0n) is 30.3. The van der Waals surface area contributed by atoms with E-state index in [4.69, 9.17) is 15.4 Å². The monoisotopic (exact) mass is 704 g/mol. The second kappa shape index (κ2) is 14.6. The fourth-order valence-electron chi connectivity index (χ4n) is 7.49. The molecule has 0 radical (unpaired) electrons. The number of fused-ring (bicyclic) bond motifs is 3. The highest BCUT2D eigenvalue weighted by Crippen LogP contribution is 2.40. The maximum absolute atomic E-state index is 7.53. The largest absolute Gasteiger partial charge is 0.307 e. The molecule has 1 heterocycles. The number of rotatable bonds is 8. The summed E-state index contributed by atoms with van der Waals surface area (Å²) in [6.07, 6.45) is 2.78. The summed E-state index contributed by atoms with van der Waals surface area (Å²) >= 11 is 0. The first-order chi connectivity index (χ1) is 27.1. The van der Waals surface area contributed by atoms with E-state index in [2.05, 4.69) is 158 Å². The second-order valence-electron chi connectivity index (χ2n) is 13.7. The molecule has 0 aliphatic rings. The van der Waals surface area contributed by atoms with Crippen LogP contribution in [-0.2, 0) is 0 Å². The Kier molecular flexibility index (Phi) is 8.91. The first kappa shape index (κ1) is 33.5. The van der Waals surface area contributed by atoms with Crippen LogP contribution in [0.15, 0.2) is 187 Å². The summed E-state index contributed by atoms with van der Waals surface area (Å²) in [6.45, 7) is 2.11. The highest BCUT2D eigenvalue weighted by Gasteiger charge is 2.14. The van der Waals surface area contributed by atoms with Gasteiger partial charge in [0.1, 0.15) is 0 Å². The first-order valence-electron chi connectivity index (χ1n) is 18.4. The normalized spacial score (nSPS) is 11.4. The Balaban J connectivity index is 1.08. The number of benzene rings is 8. The number of nitrogens with zero attached hydrogens (tertiary/aromatic N) is 3. The molecular weight excluding hydrogens is 669 g/mol. The summed E-state index contributed by atoms with van der Waals surface area (Å²) in [5.41, 5.74) is 13.7. The van der Waals surface area contributed by atoms with E-state index < -0.39 is 0 Å². The van der Waals surface area contributed by atoms with Crippen LogP contribution < -0.4 is 0 Å². The zero-order valence-corrected chi connectivity index (χ0v) is 30.3. The van der Waals surface area contributed by atoms with Crippen LogP contribution in [0.3, 0.4) is 0 Å². The van der Waals surface area contributed by atoms with Gasteiger partial charge in [0.05, 0.1) is 17.1 Å². The Bertz CT molecular complexity index is 2840. The lowest BCUT2D eigenvalue weighted by molar-refractivity contribution is 1.18. The van der Waals surface area contributed by atoms with Crippen molar-refractivity contribution in [3.63, 3.8) is 0 Å². The fraction of sp³-hybridized carbons (Fsp3) is 0.0196. The van der Waals surface area contributed by atoms with Crippen molar-refractivity contribution in [2.75, 3.05) is 0 Å². The van der Waals surface area contributed by atoms with Gasteiger partial charge in [-0.25, -0.2) is 9.97 Å². The average Bonchev–Trinajstić information content (AvgIpc) is 3.27. The molecule has 0 saturated carbocycles. The van der Waals surface area contributed by atoms with Crippen molar-refractivity contribution < 1.29 is 0 Å². The molecule has 9 aromatic rings. The lowest BCUT2D eigenvalue weighted by Gasteiger charge is -2.14. The van der Waals surface area contributed by atoms with Gasteiger partial charge in [-0.3, -0.25) is 4.99 Å². The van der Waals surface area contributed by atoms with Crippen LogP contribution in [0.4, 0.5) is 5.69 Å². The smallest absolute Gasteiger partial charge is 0.160 e. The Labute approximate surface area is 320 Å². The zero-order chi connectivity index (χ0) is 37.1. The molecular formula is C51H36N4. The highest BCUT2D eigenvalue weighted by molar-refractivity contribution is 6.19. The standard InChI is InChI=1S/C51H36N4/c1-34-44-23-8-9-24-45(44)47-32-42(25-26-46(47)50(34)53-28-27-52)40-20-11-18-38(30-40)37-17-10-19-39(29-37)41-21-12-22-43(31-41)51-54-48(35-13-4-2-5-14-35)33-49(55-51)36-15-6-3-7-16-36/h2-33,52H,1H3/b52-27?,53-28-. The molecule has 1 aromatic heterocycles. The molecule has 1 N–H and O–H groups in total. The van der Waals surface area contributed by atoms with Crippen molar-refractivity contribution in [3.8, 4) is 67.3 Å². The third kappa shape index (κ3) is 6.62. The van der Waals surface area contributed by atoms with Gasteiger partial charge in [0, 0.05) is 34.5 Å². The Hall–Kier alpha value is -7.30. The molecule has 0 atom stereocenters. The predicted molar refractivity (Wildman–Crippen MR) is 231 cm³/mol. The van der Waals surface area contributed by atoms with Crippen LogP contribution in [-0.4, -0.2) is 22.4 Å². The van der Waals surface area contributed by atoms with E-state index in [1.807, 2.05) is 36.4 Å². The molecule has 4 nitrogen and oxygen atoms in total. The van der Waals surface area contributed by atoms with Gasteiger partial charge in [0.15, 0.2) is 5.82 Å². The molecule has 55 heavy (non-hydrogen) atoms. The topological polar surface area (TPSA) is 62.0 Å². The molecule has 0 aliphatic carbocycles. The van der Waals surface area contributed by atoms with Crippen molar-refractivity contribution in [2.24, 2.45) is 4.99 Å². The molecule has 0 aliphatic heterocycles.